The first-order chi connectivity index (χ1) is 7.74. The predicted molar refractivity (Wildman–Crippen MR) is 62.7 cm³/mol. The van der Waals surface area contributed by atoms with Crippen LogP contribution in [0.4, 0.5) is 0 Å². The van der Waals surface area contributed by atoms with Crippen LogP contribution in [-0.4, -0.2) is 12.2 Å². The van der Waals surface area contributed by atoms with Crippen LogP contribution >= 0.6 is 11.3 Å². The third kappa shape index (κ3) is 1.86. The molecule has 0 atom stereocenters. The molecule has 0 unspecified atom stereocenters. The molecule has 0 aliphatic carbocycles. The first-order valence-electron chi connectivity index (χ1n) is 4.62. The molecule has 0 aliphatic heterocycles. The fourth-order valence-corrected chi connectivity index (χ4v) is 2.21. The molecule has 1 heterocycles. The van der Waals surface area contributed by atoms with Gasteiger partial charge in [-0.05, 0) is 30.3 Å². The molecule has 0 radical (unpaired) electrons. The highest BCUT2D eigenvalue weighted by Gasteiger charge is 2.08. The van der Waals surface area contributed by atoms with E-state index in [0.29, 0.717) is 16.2 Å². The maximum absolute atomic E-state index is 9.73. The summed E-state index contributed by atoms with van der Waals surface area (Å²) in [6.07, 6.45) is 0. The number of ether oxygens (including phenoxy) is 1. The van der Waals surface area contributed by atoms with Gasteiger partial charge in [-0.25, -0.2) is 0 Å². The van der Waals surface area contributed by atoms with E-state index < -0.39 is 0 Å². The number of phenolic OH excluding ortho intramolecular Hbond substituents is 1. The first kappa shape index (κ1) is 10.5. The summed E-state index contributed by atoms with van der Waals surface area (Å²) in [5.74, 6) is 0.867. The van der Waals surface area contributed by atoms with Crippen molar-refractivity contribution in [1.29, 1.82) is 5.26 Å². The van der Waals surface area contributed by atoms with E-state index in [0.717, 1.165) is 4.88 Å². The zero-order valence-electron chi connectivity index (χ0n) is 8.60. The third-order valence-corrected chi connectivity index (χ3v) is 3.21. The second-order valence-corrected chi connectivity index (χ2v) is 4.24. The minimum absolute atomic E-state index is 0.187. The van der Waals surface area contributed by atoms with Crippen LogP contribution in [0.25, 0.3) is 10.4 Å². The van der Waals surface area contributed by atoms with Crippen LogP contribution in [0.5, 0.6) is 11.5 Å². The number of rotatable bonds is 2. The van der Waals surface area contributed by atoms with Crippen LogP contribution < -0.4 is 4.74 Å². The SMILES string of the molecule is COc1ccc(O)c(-c2ccc(C#N)s2)c1. The highest BCUT2D eigenvalue weighted by atomic mass is 32.1. The standard InChI is InChI=1S/C12H9NO2S/c1-15-8-2-4-11(14)10(6-8)12-5-3-9(7-13)16-12/h2-6,14H,1H3. The van der Waals surface area contributed by atoms with Gasteiger partial charge in [-0.3, -0.25) is 0 Å². The molecule has 0 aliphatic rings. The summed E-state index contributed by atoms with van der Waals surface area (Å²) in [4.78, 5) is 1.48. The zero-order chi connectivity index (χ0) is 11.5. The van der Waals surface area contributed by atoms with E-state index in [2.05, 4.69) is 6.07 Å². The van der Waals surface area contributed by atoms with E-state index in [-0.39, 0.29) is 5.75 Å². The Hall–Kier alpha value is -1.99. The Bertz CT molecular complexity index is 554. The summed E-state index contributed by atoms with van der Waals surface area (Å²) in [7, 11) is 1.57. The normalized spacial score (nSPS) is 9.75. The number of hydrogen-bond acceptors (Lipinski definition) is 4. The summed E-state index contributed by atoms with van der Waals surface area (Å²) in [5.41, 5.74) is 0.686. The maximum Gasteiger partial charge on any atom is 0.124 e. The molecular formula is C12H9NO2S. The Balaban J connectivity index is 2.50. The number of benzene rings is 1. The molecule has 0 saturated carbocycles. The molecule has 0 fully saturated rings. The van der Waals surface area contributed by atoms with Gasteiger partial charge in [-0.2, -0.15) is 5.26 Å². The van der Waals surface area contributed by atoms with E-state index in [1.807, 2.05) is 6.07 Å². The van der Waals surface area contributed by atoms with Gasteiger partial charge < -0.3 is 9.84 Å². The van der Waals surface area contributed by atoms with Crippen molar-refractivity contribution in [2.24, 2.45) is 0 Å². The number of methoxy groups -OCH3 is 1. The molecular weight excluding hydrogens is 222 g/mol. The van der Waals surface area contributed by atoms with Crippen LogP contribution in [0.1, 0.15) is 4.88 Å². The summed E-state index contributed by atoms with van der Waals surface area (Å²) in [6.45, 7) is 0. The van der Waals surface area contributed by atoms with Crippen molar-refractivity contribution in [1.82, 2.24) is 0 Å². The van der Waals surface area contributed by atoms with Crippen LogP contribution in [0.15, 0.2) is 30.3 Å². The van der Waals surface area contributed by atoms with Crippen molar-refractivity contribution in [2.45, 2.75) is 0 Å². The molecule has 1 N–H and O–H groups in total. The number of nitrogens with zero attached hydrogens (tertiary/aromatic N) is 1. The Kier molecular flexibility index (Phi) is 2.80. The molecule has 80 valence electrons. The Morgan fingerprint density at radius 3 is 2.75 bits per heavy atom. The molecule has 0 amide bonds. The van der Waals surface area contributed by atoms with Gasteiger partial charge in [-0.1, -0.05) is 0 Å². The molecule has 0 spiro atoms. The van der Waals surface area contributed by atoms with Crippen molar-refractivity contribution < 1.29 is 9.84 Å². The second-order valence-electron chi connectivity index (χ2n) is 3.16. The Morgan fingerprint density at radius 2 is 2.12 bits per heavy atom. The lowest BCUT2D eigenvalue weighted by Gasteiger charge is -2.04. The van der Waals surface area contributed by atoms with Gasteiger partial charge in [0.25, 0.3) is 0 Å². The average Bonchev–Trinajstić information content (AvgIpc) is 2.78. The Morgan fingerprint density at radius 1 is 1.31 bits per heavy atom. The second kappa shape index (κ2) is 4.25. The lowest BCUT2D eigenvalue weighted by Crippen LogP contribution is -1.83. The topological polar surface area (TPSA) is 53.2 Å². The van der Waals surface area contributed by atoms with E-state index in [1.165, 1.54) is 11.3 Å². The van der Waals surface area contributed by atoms with Gasteiger partial charge in [0.2, 0.25) is 0 Å². The highest BCUT2D eigenvalue weighted by molar-refractivity contribution is 7.16. The lowest BCUT2D eigenvalue weighted by molar-refractivity contribution is 0.412. The monoisotopic (exact) mass is 231 g/mol. The smallest absolute Gasteiger partial charge is 0.124 e. The van der Waals surface area contributed by atoms with Gasteiger partial charge in [0.1, 0.15) is 22.4 Å². The molecule has 16 heavy (non-hydrogen) atoms. The number of thiophene rings is 1. The summed E-state index contributed by atoms with van der Waals surface area (Å²) >= 11 is 1.34. The fourth-order valence-electron chi connectivity index (χ4n) is 1.38. The quantitative estimate of drug-likeness (QED) is 0.864. The van der Waals surface area contributed by atoms with Crippen molar-refractivity contribution in [2.75, 3.05) is 7.11 Å². The van der Waals surface area contributed by atoms with Gasteiger partial charge in [0.05, 0.1) is 7.11 Å². The van der Waals surface area contributed by atoms with Crippen molar-refractivity contribution in [3.05, 3.63) is 35.2 Å². The lowest BCUT2D eigenvalue weighted by atomic mass is 10.1. The van der Waals surface area contributed by atoms with E-state index >= 15 is 0 Å². The van der Waals surface area contributed by atoms with Crippen LogP contribution in [0.2, 0.25) is 0 Å². The molecule has 2 aromatic rings. The number of phenols is 1. The van der Waals surface area contributed by atoms with E-state index in [4.69, 9.17) is 10.00 Å². The van der Waals surface area contributed by atoms with Gasteiger partial charge in [-0.15, -0.1) is 11.3 Å². The molecule has 2 rings (SSSR count). The summed E-state index contributed by atoms with van der Waals surface area (Å²) in [5, 5.41) is 18.5. The number of nitriles is 1. The summed E-state index contributed by atoms with van der Waals surface area (Å²) in [6, 6.07) is 10.7. The largest absolute Gasteiger partial charge is 0.507 e. The molecule has 4 heteroatoms. The molecule has 0 bridgehead atoms. The van der Waals surface area contributed by atoms with E-state index in [9.17, 15) is 5.11 Å². The average molecular weight is 231 g/mol. The first-order valence-corrected chi connectivity index (χ1v) is 5.43. The van der Waals surface area contributed by atoms with E-state index in [1.54, 1.807) is 31.4 Å². The van der Waals surface area contributed by atoms with Gasteiger partial charge in [0.15, 0.2) is 0 Å². The highest BCUT2D eigenvalue weighted by Crippen LogP contribution is 2.36. The predicted octanol–water partition coefficient (Wildman–Crippen LogP) is 3.00. The number of hydrogen-bond donors (Lipinski definition) is 1. The zero-order valence-corrected chi connectivity index (χ0v) is 9.41. The minimum Gasteiger partial charge on any atom is -0.507 e. The van der Waals surface area contributed by atoms with Gasteiger partial charge in [0, 0.05) is 10.4 Å². The fraction of sp³-hybridized carbons (Fsp3) is 0.0833. The van der Waals surface area contributed by atoms with Crippen molar-refractivity contribution in [3.8, 4) is 28.0 Å². The molecule has 1 aromatic carbocycles. The van der Waals surface area contributed by atoms with Crippen molar-refractivity contribution in [3.63, 3.8) is 0 Å². The Labute approximate surface area is 97.2 Å². The third-order valence-electron chi connectivity index (χ3n) is 2.19. The van der Waals surface area contributed by atoms with Crippen LogP contribution in [-0.2, 0) is 0 Å². The van der Waals surface area contributed by atoms with Crippen molar-refractivity contribution >= 4 is 11.3 Å². The summed E-state index contributed by atoms with van der Waals surface area (Å²) < 4.78 is 5.09. The molecule has 3 nitrogen and oxygen atoms in total. The molecule has 0 saturated heterocycles. The van der Waals surface area contributed by atoms with Crippen LogP contribution in [0.3, 0.4) is 0 Å². The number of aromatic hydroxyl groups is 1. The minimum atomic E-state index is 0.187. The molecule has 1 aromatic heterocycles. The van der Waals surface area contributed by atoms with Gasteiger partial charge >= 0.3 is 0 Å². The maximum atomic E-state index is 9.73. The van der Waals surface area contributed by atoms with Crippen LogP contribution in [0, 0.1) is 11.3 Å².